The molecule has 1 aliphatic rings. The third-order valence-electron chi connectivity index (χ3n) is 6.08. The van der Waals surface area contributed by atoms with Gasteiger partial charge in [0.25, 0.3) is 0 Å². The number of hydrogen-bond acceptors (Lipinski definition) is 5. The molecule has 1 saturated heterocycles. The van der Waals surface area contributed by atoms with Gasteiger partial charge in [0.15, 0.2) is 0 Å². The van der Waals surface area contributed by atoms with Crippen molar-refractivity contribution in [3.05, 3.63) is 58.8 Å². The van der Waals surface area contributed by atoms with E-state index >= 15 is 0 Å². The quantitative estimate of drug-likeness (QED) is 0.503. The molecule has 1 fully saturated rings. The van der Waals surface area contributed by atoms with E-state index in [0.717, 1.165) is 17.7 Å². The number of alkyl halides is 3. The zero-order valence-corrected chi connectivity index (χ0v) is 21.0. The maximum absolute atomic E-state index is 13.0. The van der Waals surface area contributed by atoms with E-state index in [0.29, 0.717) is 36.5 Å². The molecular weight excluding hydrogens is 506 g/mol. The summed E-state index contributed by atoms with van der Waals surface area (Å²) in [6, 6.07) is 7.30. The number of nitrogen functional groups attached to an aromatic ring is 1. The summed E-state index contributed by atoms with van der Waals surface area (Å²) in [4.78, 5) is 30.7. The molecule has 0 aliphatic carbocycles. The summed E-state index contributed by atoms with van der Waals surface area (Å²) in [5, 5.41) is 2.85. The van der Waals surface area contributed by atoms with Gasteiger partial charge in [-0.2, -0.15) is 13.2 Å². The number of pyridine rings is 1. The number of carbonyl (C=O) groups excluding carboxylic acids is 2. The second kappa shape index (κ2) is 12.4. The van der Waals surface area contributed by atoms with Crippen LogP contribution in [0.2, 0.25) is 0 Å². The number of hydrogen-bond donors (Lipinski definition) is 3. The number of nitrogens with zero attached hydrogens (tertiary/aromatic N) is 2. The SMILES string of the molecule is Cc1nc(N)ccc1CNC(=O)[C@H](C)N1CC(Cc2cccc(C(F)(F)F)c2)CC1C(N)=O.Cl.Cl. The normalized spacial score (nSPS) is 18.8. The van der Waals surface area contributed by atoms with Gasteiger partial charge >= 0.3 is 6.18 Å². The number of anilines is 1. The minimum absolute atomic E-state index is 0. The molecule has 0 spiro atoms. The number of carbonyl (C=O) groups is 2. The molecule has 2 heterocycles. The number of nitrogens with two attached hydrogens (primary N) is 2. The summed E-state index contributed by atoms with van der Waals surface area (Å²) in [6.07, 6.45) is -3.68. The first-order chi connectivity index (χ1) is 15.5. The first kappa shape index (κ1) is 30.5. The van der Waals surface area contributed by atoms with Crippen LogP contribution in [-0.4, -0.2) is 40.3 Å². The topological polar surface area (TPSA) is 114 Å². The molecule has 7 nitrogen and oxygen atoms in total. The van der Waals surface area contributed by atoms with Crippen LogP contribution >= 0.6 is 24.8 Å². The molecule has 5 N–H and O–H groups in total. The largest absolute Gasteiger partial charge is 0.416 e. The van der Waals surface area contributed by atoms with Crippen LogP contribution in [0.1, 0.15) is 35.7 Å². The first-order valence-electron chi connectivity index (χ1n) is 10.7. The Balaban J connectivity index is 0.00000306. The average molecular weight is 536 g/mol. The van der Waals surface area contributed by atoms with E-state index < -0.39 is 29.7 Å². The van der Waals surface area contributed by atoms with Gasteiger partial charge in [-0.3, -0.25) is 14.5 Å². The van der Waals surface area contributed by atoms with Crippen molar-refractivity contribution >= 4 is 42.4 Å². The Morgan fingerprint density at radius 3 is 2.51 bits per heavy atom. The van der Waals surface area contributed by atoms with Crippen molar-refractivity contribution < 1.29 is 22.8 Å². The van der Waals surface area contributed by atoms with Gasteiger partial charge in [-0.15, -0.1) is 24.8 Å². The zero-order chi connectivity index (χ0) is 24.3. The number of aryl methyl sites for hydroxylation is 1. The maximum Gasteiger partial charge on any atom is 0.416 e. The van der Waals surface area contributed by atoms with Gasteiger partial charge in [0.05, 0.1) is 17.6 Å². The Morgan fingerprint density at radius 2 is 1.91 bits per heavy atom. The Morgan fingerprint density at radius 1 is 1.23 bits per heavy atom. The van der Waals surface area contributed by atoms with Crippen LogP contribution < -0.4 is 16.8 Å². The standard InChI is InChI=1S/C23H28F3N5O2.2ClH/c1-13-17(6-7-20(27)30-13)11-29-22(33)14(2)31-12-16(10-19(31)21(28)32)8-15-4-3-5-18(9-15)23(24,25)26;;/h3-7,9,14,16,19H,8,10-12H2,1-2H3,(H2,27,30)(H2,28,32)(H,29,33);2*1H/t14-,16?,19?;;/m0../s1. The Kier molecular flexibility index (Phi) is 10.8. The fourth-order valence-corrected chi connectivity index (χ4v) is 4.29. The molecule has 2 unspecified atom stereocenters. The van der Waals surface area contributed by atoms with E-state index in [2.05, 4.69) is 10.3 Å². The van der Waals surface area contributed by atoms with Crippen LogP contribution in [-0.2, 0) is 28.7 Å². The first-order valence-corrected chi connectivity index (χ1v) is 10.7. The number of benzene rings is 1. The molecule has 0 bridgehead atoms. The van der Waals surface area contributed by atoms with Gasteiger partial charge in [0.2, 0.25) is 11.8 Å². The summed E-state index contributed by atoms with van der Waals surface area (Å²) in [6.45, 7) is 4.11. The second-order valence-corrected chi connectivity index (χ2v) is 8.49. The van der Waals surface area contributed by atoms with Crippen molar-refractivity contribution in [1.82, 2.24) is 15.2 Å². The van der Waals surface area contributed by atoms with Crippen LogP contribution in [0.3, 0.4) is 0 Å². The number of aromatic nitrogens is 1. The van der Waals surface area contributed by atoms with Crippen molar-refractivity contribution in [1.29, 1.82) is 0 Å². The molecule has 3 atom stereocenters. The van der Waals surface area contributed by atoms with Crippen molar-refractivity contribution in [3.8, 4) is 0 Å². The van der Waals surface area contributed by atoms with Crippen LogP contribution in [0.15, 0.2) is 36.4 Å². The minimum atomic E-state index is -4.42. The van der Waals surface area contributed by atoms with E-state index in [1.807, 2.05) is 0 Å². The summed E-state index contributed by atoms with van der Waals surface area (Å²) in [5.74, 6) is -0.550. The molecule has 35 heavy (non-hydrogen) atoms. The fraction of sp³-hybridized carbons (Fsp3) is 0.435. The highest BCUT2D eigenvalue weighted by molar-refractivity contribution is 5.86. The van der Waals surface area contributed by atoms with Gasteiger partial charge in [-0.25, -0.2) is 4.98 Å². The van der Waals surface area contributed by atoms with Crippen LogP contribution in [0.4, 0.5) is 19.0 Å². The van der Waals surface area contributed by atoms with Gasteiger partial charge in [0.1, 0.15) is 5.82 Å². The molecule has 2 aromatic rings. The molecule has 0 saturated carbocycles. The number of amides is 2. The molecule has 0 radical (unpaired) electrons. The highest BCUT2D eigenvalue weighted by Gasteiger charge is 2.40. The van der Waals surface area contributed by atoms with E-state index in [-0.39, 0.29) is 43.2 Å². The zero-order valence-electron chi connectivity index (χ0n) is 19.3. The van der Waals surface area contributed by atoms with Gasteiger partial charge in [-0.05, 0) is 55.9 Å². The average Bonchev–Trinajstić information content (AvgIpc) is 3.16. The molecular formula is C23H30Cl2F3N5O2. The van der Waals surface area contributed by atoms with Crippen molar-refractivity contribution in [2.75, 3.05) is 12.3 Å². The Hall–Kier alpha value is -2.56. The van der Waals surface area contributed by atoms with Crippen LogP contribution in [0, 0.1) is 12.8 Å². The number of primary amides is 1. The number of halogens is 5. The molecule has 12 heteroatoms. The number of rotatable bonds is 7. The van der Waals surface area contributed by atoms with E-state index in [1.165, 1.54) is 6.07 Å². The lowest BCUT2D eigenvalue weighted by Gasteiger charge is -2.28. The summed E-state index contributed by atoms with van der Waals surface area (Å²) < 4.78 is 39.1. The molecule has 2 amide bonds. The van der Waals surface area contributed by atoms with Crippen molar-refractivity contribution in [2.45, 2.75) is 51.5 Å². The predicted octanol–water partition coefficient (Wildman–Crippen LogP) is 3.26. The highest BCUT2D eigenvalue weighted by Crippen LogP contribution is 2.32. The smallest absolute Gasteiger partial charge is 0.384 e. The third kappa shape index (κ3) is 7.71. The highest BCUT2D eigenvalue weighted by atomic mass is 35.5. The van der Waals surface area contributed by atoms with Crippen LogP contribution in [0.5, 0.6) is 0 Å². The third-order valence-corrected chi connectivity index (χ3v) is 6.08. The van der Waals surface area contributed by atoms with Crippen LogP contribution in [0.25, 0.3) is 0 Å². The Labute approximate surface area is 214 Å². The lowest BCUT2D eigenvalue weighted by atomic mass is 9.95. The Bertz CT molecular complexity index is 1040. The van der Waals surface area contributed by atoms with E-state index in [4.69, 9.17) is 11.5 Å². The van der Waals surface area contributed by atoms with Crippen molar-refractivity contribution in [3.63, 3.8) is 0 Å². The summed E-state index contributed by atoms with van der Waals surface area (Å²) in [5.41, 5.74) is 12.6. The van der Waals surface area contributed by atoms with E-state index in [9.17, 15) is 22.8 Å². The maximum atomic E-state index is 13.0. The monoisotopic (exact) mass is 535 g/mol. The van der Waals surface area contributed by atoms with Gasteiger partial charge in [-0.1, -0.05) is 24.3 Å². The summed E-state index contributed by atoms with van der Waals surface area (Å²) >= 11 is 0. The molecule has 3 rings (SSSR count). The molecule has 1 aliphatic heterocycles. The molecule has 1 aromatic carbocycles. The molecule has 1 aromatic heterocycles. The lowest BCUT2D eigenvalue weighted by Crippen LogP contribution is -2.51. The number of nitrogens with one attached hydrogen (secondary N) is 1. The predicted molar refractivity (Wildman–Crippen MR) is 132 cm³/mol. The van der Waals surface area contributed by atoms with Gasteiger partial charge in [0, 0.05) is 18.8 Å². The minimum Gasteiger partial charge on any atom is -0.384 e. The van der Waals surface area contributed by atoms with Crippen molar-refractivity contribution in [2.24, 2.45) is 11.7 Å². The second-order valence-electron chi connectivity index (χ2n) is 8.49. The van der Waals surface area contributed by atoms with E-state index in [1.54, 1.807) is 36.9 Å². The fourth-order valence-electron chi connectivity index (χ4n) is 4.29. The lowest BCUT2D eigenvalue weighted by molar-refractivity contribution is -0.137. The summed E-state index contributed by atoms with van der Waals surface area (Å²) in [7, 11) is 0. The molecule has 194 valence electrons. The van der Waals surface area contributed by atoms with Gasteiger partial charge < -0.3 is 16.8 Å². The number of likely N-dealkylation sites (tertiary alicyclic amines) is 1.